The zero-order chi connectivity index (χ0) is 20.1. The molecule has 1 saturated heterocycles. The van der Waals surface area contributed by atoms with Crippen LogP contribution in [0.5, 0.6) is 5.75 Å². The van der Waals surface area contributed by atoms with Gasteiger partial charge in [-0.15, -0.1) is 0 Å². The highest BCUT2D eigenvalue weighted by Gasteiger charge is 2.25. The van der Waals surface area contributed by atoms with Crippen molar-refractivity contribution in [3.63, 3.8) is 0 Å². The van der Waals surface area contributed by atoms with Gasteiger partial charge in [-0.25, -0.2) is 4.39 Å². The van der Waals surface area contributed by atoms with Crippen LogP contribution in [0, 0.1) is 17.1 Å². The third kappa shape index (κ3) is 4.82. The van der Waals surface area contributed by atoms with Crippen molar-refractivity contribution in [3.05, 3.63) is 58.3 Å². The van der Waals surface area contributed by atoms with Gasteiger partial charge in [0.25, 0.3) is 5.91 Å². The Balaban J connectivity index is 1.60. The zero-order valence-corrected chi connectivity index (χ0v) is 17.2. The number of anilines is 1. The summed E-state index contributed by atoms with van der Waals surface area (Å²) in [6.07, 6.45) is 0.182. The van der Waals surface area contributed by atoms with E-state index >= 15 is 0 Å². The number of benzene rings is 2. The van der Waals surface area contributed by atoms with E-state index in [0.29, 0.717) is 35.4 Å². The summed E-state index contributed by atoms with van der Waals surface area (Å²) in [4.78, 5) is 16.8. The van der Waals surface area contributed by atoms with E-state index < -0.39 is 6.10 Å². The van der Waals surface area contributed by atoms with E-state index in [9.17, 15) is 9.18 Å². The number of rotatable bonds is 4. The van der Waals surface area contributed by atoms with E-state index in [-0.39, 0.29) is 11.7 Å². The SMILES string of the molecule is CC(Oc1ccc(F)cc1Br)C(=O)N1CCCN(c2ccc(C#N)cc2)CC1. The Morgan fingerprint density at radius 1 is 1.18 bits per heavy atom. The lowest BCUT2D eigenvalue weighted by Crippen LogP contribution is -2.42. The van der Waals surface area contributed by atoms with Gasteiger partial charge in [0.1, 0.15) is 11.6 Å². The Morgan fingerprint density at radius 2 is 1.93 bits per heavy atom. The van der Waals surface area contributed by atoms with Gasteiger partial charge in [0.15, 0.2) is 6.10 Å². The maximum absolute atomic E-state index is 13.2. The van der Waals surface area contributed by atoms with E-state index in [1.807, 2.05) is 17.0 Å². The Labute approximate surface area is 172 Å². The van der Waals surface area contributed by atoms with Crippen LogP contribution in [0.2, 0.25) is 0 Å². The predicted octanol–water partition coefficient (Wildman–Crippen LogP) is 3.97. The maximum atomic E-state index is 13.2. The van der Waals surface area contributed by atoms with Crippen molar-refractivity contribution in [2.75, 3.05) is 31.1 Å². The van der Waals surface area contributed by atoms with Crippen molar-refractivity contribution >= 4 is 27.5 Å². The summed E-state index contributed by atoms with van der Waals surface area (Å²) in [5.41, 5.74) is 1.68. The average Bonchev–Trinajstić information content (AvgIpc) is 2.96. The molecule has 0 spiro atoms. The lowest BCUT2D eigenvalue weighted by molar-refractivity contribution is -0.137. The van der Waals surface area contributed by atoms with Crippen LogP contribution >= 0.6 is 15.9 Å². The zero-order valence-electron chi connectivity index (χ0n) is 15.6. The van der Waals surface area contributed by atoms with Gasteiger partial charge in [-0.2, -0.15) is 5.26 Å². The number of carbonyl (C=O) groups is 1. The first kappa shape index (κ1) is 20.2. The first-order chi connectivity index (χ1) is 13.5. The van der Waals surface area contributed by atoms with E-state index in [2.05, 4.69) is 26.9 Å². The molecule has 1 aliphatic rings. The number of ether oxygens (including phenoxy) is 1. The number of halogens is 2. The van der Waals surface area contributed by atoms with E-state index in [1.54, 1.807) is 19.1 Å². The highest BCUT2D eigenvalue weighted by Crippen LogP contribution is 2.27. The van der Waals surface area contributed by atoms with Gasteiger partial charge < -0.3 is 14.5 Å². The van der Waals surface area contributed by atoms with Gasteiger partial charge in [-0.05, 0) is 71.7 Å². The van der Waals surface area contributed by atoms with E-state index in [1.165, 1.54) is 18.2 Å². The number of nitriles is 1. The number of hydrogen-bond donors (Lipinski definition) is 0. The summed E-state index contributed by atoms with van der Waals surface area (Å²) >= 11 is 3.26. The number of nitrogens with zero attached hydrogens (tertiary/aromatic N) is 3. The standard InChI is InChI=1S/C21H21BrFN3O2/c1-15(28-20-8-5-17(23)13-19(20)22)21(27)26-10-2-9-25(11-12-26)18-6-3-16(14-24)4-7-18/h3-8,13,15H,2,9-12H2,1H3. The quantitative estimate of drug-likeness (QED) is 0.714. The summed E-state index contributed by atoms with van der Waals surface area (Å²) in [5, 5.41) is 8.93. The van der Waals surface area contributed by atoms with Crippen LogP contribution in [-0.2, 0) is 4.79 Å². The van der Waals surface area contributed by atoms with Gasteiger partial charge in [0.2, 0.25) is 0 Å². The van der Waals surface area contributed by atoms with Crippen LogP contribution in [0.25, 0.3) is 0 Å². The molecule has 1 fully saturated rings. The van der Waals surface area contributed by atoms with Crippen LogP contribution in [0.4, 0.5) is 10.1 Å². The second-order valence-electron chi connectivity index (χ2n) is 6.66. The predicted molar refractivity (Wildman–Crippen MR) is 109 cm³/mol. The third-order valence-electron chi connectivity index (χ3n) is 4.71. The van der Waals surface area contributed by atoms with Crippen molar-refractivity contribution in [3.8, 4) is 11.8 Å². The third-order valence-corrected chi connectivity index (χ3v) is 5.33. The van der Waals surface area contributed by atoms with Crippen molar-refractivity contribution < 1.29 is 13.9 Å². The van der Waals surface area contributed by atoms with E-state index in [0.717, 1.165) is 18.7 Å². The summed E-state index contributed by atoms with van der Waals surface area (Å²) < 4.78 is 19.4. The van der Waals surface area contributed by atoms with Gasteiger partial charge in [0, 0.05) is 31.9 Å². The van der Waals surface area contributed by atoms with Crippen molar-refractivity contribution in [1.82, 2.24) is 4.90 Å². The van der Waals surface area contributed by atoms with Gasteiger partial charge in [0.05, 0.1) is 16.1 Å². The molecule has 28 heavy (non-hydrogen) atoms. The molecule has 1 atom stereocenters. The average molecular weight is 446 g/mol. The molecule has 0 aliphatic carbocycles. The van der Waals surface area contributed by atoms with Crippen molar-refractivity contribution in [2.45, 2.75) is 19.4 Å². The normalized spacial score (nSPS) is 15.5. The molecule has 0 N–H and O–H groups in total. The summed E-state index contributed by atoms with van der Waals surface area (Å²) in [6.45, 7) is 4.52. The lowest BCUT2D eigenvalue weighted by Gasteiger charge is -2.26. The maximum Gasteiger partial charge on any atom is 0.263 e. The minimum absolute atomic E-state index is 0.0853. The molecule has 7 heteroatoms. The largest absolute Gasteiger partial charge is 0.480 e. The summed E-state index contributed by atoms with van der Waals surface area (Å²) in [7, 11) is 0. The fourth-order valence-corrected chi connectivity index (χ4v) is 3.66. The topological polar surface area (TPSA) is 56.6 Å². The molecule has 0 radical (unpaired) electrons. The molecule has 5 nitrogen and oxygen atoms in total. The second kappa shape index (κ2) is 9.07. The molecule has 2 aromatic carbocycles. The van der Waals surface area contributed by atoms with Crippen LogP contribution in [0.1, 0.15) is 18.9 Å². The summed E-state index contributed by atoms with van der Waals surface area (Å²) in [6, 6.07) is 13.7. The number of hydrogen-bond acceptors (Lipinski definition) is 4. The molecule has 0 saturated carbocycles. The molecule has 1 aliphatic heterocycles. The minimum atomic E-state index is -0.664. The molecular formula is C21H21BrFN3O2. The molecule has 3 rings (SSSR count). The second-order valence-corrected chi connectivity index (χ2v) is 7.51. The first-order valence-corrected chi connectivity index (χ1v) is 9.93. The molecule has 0 aromatic heterocycles. The molecule has 1 heterocycles. The fourth-order valence-electron chi connectivity index (χ4n) is 3.21. The Morgan fingerprint density at radius 3 is 2.61 bits per heavy atom. The van der Waals surface area contributed by atoms with Gasteiger partial charge >= 0.3 is 0 Å². The van der Waals surface area contributed by atoms with Crippen LogP contribution in [0.3, 0.4) is 0 Å². The number of carbonyl (C=O) groups excluding carboxylic acids is 1. The smallest absolute Gasteiger partial charge is 0.263 e. The lowest BCUT2D eigenvalue weighted by atomic mass is 10.2. The van der Waals surface area contributed by atoms with Crippen LogP contribution in [0.15, 0.2) is 46.9 Å². The Hall–Kier alpha value is -2.59. The number of amides is 1. The van der Waals surface area contributed by atoms with Crippen LogP contribution < -0.4 is 9.64 Å². The minimum Gasteiger partial charge on any atom is -0.480 e. The summed E-state index contributed by atoms with van der Waals surface area (Å²) in [5.74, 6) is -0.0113. The highest BCUT2D eigenvalue weighted by molar-refractivity contribution is 9.10. The van der Waals surface area contributed by atoms with Crippen LogP contribution in [-0.4, -0.2) is 43.1 Å². The molecule has 146 valence electrons. The van der Waals surface area contributed by atoms with Gasteiger partial charge in [-0.1, -0.05) is 0 Å². The van der Waals surface area contributed by atoms with E-state index in [4.69, 9.17) is 10.00 Å². The first-order valence-electron chi connectivity index (χ1n) is 9.13. The highest BCUT2D eigenvalue weighted by atomic mass is 79.9. The molecule has 1 unspecified atom stereocenters. The molecule has 1 amide bonds. The Bertz CT molecular complexity index is 882. The van der Waals surface area contributed by atoms with Crippen molar-refractivity contribution in [1.29, 1.82) is 5.26 Å². The fraction of sp³-hybridized carbons (Fsp3) is 0.333. The molecule has 0 bridgehead atoms. The molecular weight excluding hydrogens is 425 g/mol. The molecule has 2 aromatic rings. The Kier molecular flexibility index (Phi) is 6.53. The monoisotopic (exact) mass is 445 g/mol. The van der Waals surface area contributed by atoms with Crippen molar-refractivity contribution in [2.24, 2.45) is 0 Å². The van der Waals surface area contributed by atoms with Gasteiger partial charge in [-0.3, -0.25) is 4.79 Å².